The van der Waals surface area contributed by atoms with E-state index in [-0.39, 0.29) is 11.5 Å². The van der Waals surface area contributed by atoms with E-state index < -0.39 is 5.97 Å². The molecule has 0 saturated carbocycles. The standard InChI is InChI=1S/C34H35ClN2O7S2/c1-2-42-27-9-10-28(29(35)22-27)24-6-11-30(44-19-15-36-13-17-41-18-14-36)25(20-24)21-31-32(38)37(34(45)46-31)12-3-16-43-26-7-4-23(5-8-26)33(39)40/h4-11,20-22H,2-3,12-19H2,1H3,(H,39,40)/b31-21-. The number of rotatable bonds is 14. The molecule has 12 heteroatoms. The molecule has 0 spiro atoms. The highest BCUT2D eigenvalue weighted by Crippen LogP contribution is 2.38. The lowest BCUT2D eigenvalue weighted by Gasteiger charge is -2.26. The van der Waals surface area contributed by atoms with Crippen molar-refractivity contribution in [1.29, 1.82) is 0 Å². The molecule has 0 radical (unpaired) electrons. The van der Waals surface area contributed by atoms with Gasteiger partial charge in [-0.05, 0) is 79.6 Å². The van der Waals surface area contributed by atoms with Crippen molar-refractivity contribution in [3.05, 3.63) is 81.7 Å². The van der Waals surface area contributed by atoms with Crippen LogP contribution in [0.25, 0.3) is 17.2 Å². The SMILES string of the molecule is CCOc1ccc(-c2ccc(OCCN3CCOCC3)c(/C=C3\SC(=S)N(CCCOc4ccc(C(=O)O)cc4)C3=O)c2)c(Cl)c1. The van der Waals surface area contributed by atoms with Crippen LogP contribution in [0.3, 0.4) is 0 Å². The molecule has 2 fully saturated rings. The van der Waals surface area contributed by atoms with Crippen LogP contribution in [0.15, 0.2) is 65.6 Å². The third-order valence-corrected chi connectivity index (χ3v) is 9.09. The summed E-state index contributed by atoms with van der Waals surface area (Å²) in [6.45, 7) is 7.64. The van der Waals surface area contributed by atoms with Gasteiger partial charge in [-0.2, -0.15) is 0 Å². The highest BCUT2D eigenvalue weighted by atomic mass is 35.5. The van der Waals surface area contributed by atoms with E-state index in [4.69, 9.17) is 47.9 Å². The number of benzene rings is 3. The molecule has 1 amide bonds. The molecule has 2 heterocycles. The highest BCUT2D eigenvalue weighted by molar-refractivity contribution is 8.26. The maximum Gasteiger partial charge on any atom is 0.335 e. The van der Waals surface area contributed by atoms with Crippen LogP contribution in [0.2, 0.25) is 5.02 Å². The predicted molar refractivity (Wildman–Crippen MR) is 184 cm³/mol. The lowest BCUT2D eigenvalue weighted by molar-refractivity contribution is -0.122. The Morgan fingerprint density at radius 2 is 1.76 bits per heavy atom. The summed E-state index contributed by atoms with van der Waals surface area (Å²) in [7, 11) is 0. The van der Waals surface area contributed by atoms with Crippen LogP contribution in [-0.2, 0) is 9.53 Å². The van der Waals surface area contributed by atoms with E-state index in [0.717, 1.165) is 49.5 Å². The zero-order valence-electron chi connectivity index (χ0n) is 25.4. The normalized spacial score (nSPS) is 16.2. The van der Waals surface area contributed by atoms with Gasteiger partial charge in [-0.1, -0.05) is 41.6 Å². The molecular weight excluding hydrogens is 648 g/mol. The molecule has 242 valence electrons. The summed E-state index contributed by atoms with van der Waals surface area (Å²) >= 11 is 13.5. The van der Waals surface area contributed by atoms with Crippen LogP contribution in [0, 0.1) is 0 Å². The Morgan fingerprint density at radius 3 is 2.48 bits per heavy atom. The number of hydrogen-bond acceptors (Lipinski definition) is 9. The van der Waals surface area contributed by atoms with E-state index in [9.17, 15) is 9.59 Å². The van der Waals surface area contributed by atoms with E-state index in [1.807, 2.05) is 43.3 Å². The number of nitrogens with zero attached hydrogens (tertiary/aromatic N) is 2. The maximum absolute atomic E-state index is 13.5. The van der Waals surface area contributed by atoms with E-state index in [2.05, 4.69) is 4.90 Å². The monoisotopic (exact) mass is 682 g/mol. The molecule has 46 heavy (non-hydrogen) atoms. The van der Waals surface area contributed by atoms with Gasteiger partial charge in [-0.25, -0.2) is 4.79 Å². The molecule has 3 aromatic rings. The molecule has 0 bridgehead atoms. The Morgan fingerprint density at radius 1 is 1.00 bits per heavy atom. The number of thioether (sulfide) groups is 1. The number of carboxylic acids is 1. The molecular formula is C34H35ClN2O7S2. The van der Waals surface area contributed by atoms with Gasteiger partial charge in [0.25, 0.3) is 5.91 Å². The number of thiocarbonyl (C=S) groups is 1. The van der Waals surface area contributed by atoms with Crippen molar-refractivity contribution in [2.24, 2.45) is 0 Å². The second-order valence-corrected chi connectivity index (χ2v) is 12.6. The van der Waals surface area contributed by atoms with E-state index >= 15 is 0 Å². The van der Waals surface area contributed by atoms with Gasteiger partial charge in [0.15, 0.2) is 0 Å². The first kappa shape index (κ1) is 33.7. The quantitative estimate of drug-likeness (QED) is 0.116. The molecule has 3 aromatic carbocycles. The summed E-state index contributed by atoms with van der Waals surface area (Å²) in [6, 6.07) is 17.7. The number of hydrogen-bond donors (Lipinski definition) is 1. The van der Waals surface area contributed by atoms with Gasteiger partial charge in [-0.15, -0.1) is 0 Å². The van der Waals surface area contributed by atoms with Gasteiger partial charge < -0.3 is 24.1 Å². The van der Waals surface area contributed by atoms with Gasteiger partial charge in [0, 0.05) is 37.3 Å². The van der Waals surface area contributed by atoms with Crippen LogP contribution in [0.5, 0.6) is 17.2 Å². The number of carboxylic acid groups (broad SMARTS) is 1. The number of halogens is 1. The minimum Gasteiger partial charge on any atom is -0.494 e. The third-order valence-electron chi connectivity index (χ3n) is 7.40. The van der Waals surface area contributed by atoms with Crippen molar-refractivity contribution in [3.8, 4) is 28.4 Å². The van der Waals surface area contributed by atoms with Crippen molar-refractivity contribution in [1.82, 2.24) is 9.80 Å². The summed E-state index contributed by atoms with van der Waals surface area (Å²) in [5.41, 5.74) is 2.65. The number of carbonyl (C=O) groups is 2. The smallest absolute Gasteiger partial charge is 0.335 e. The van der Waals surface area contributed by atoms with Crippen LogP contribution in [0.1, 0.15) is 29.3 Å². The number of amides is 1. The molecule has 2 aliphatic heterocycles. The van der Waals surface area contributed by atoms with Crippen molar-refractivity contribution in [3.63, 3.8) is 0 Å². The second kappa shape index (κ2) is 16.3. The number of morpholine rings is 1. The van der Waals surface area contributed by atoms with Crippen LogP contribution < -0.4 is 14.2 Å². The molecule has 2 saturated heterocycles. The minimum atomic E-state index is -0.993. The fraction of sp³-hybridized carbons (Fsp3) is 0.324. The van der Waals surface area contributed by atoms with E-state index in [0.29, 0.717) is 64.3 Å². The first-order chi connectivity index (χ1) is 22.3. The topological polar surface area (TPSA) is 97.8 Å². The Bertz CT molecular complexity index is 1590. The zero-order chi connectivity index (χ0) is 32.5. The van der Waals surface area contributed by atoms with Crippen molar-refractivity contribution in [2.45, 2.75) is 13.3 Å². The summed E-state index contributed by atoms with van der Waals surface area (Å²) in [5.74, 6) is 0.747. The summed E-state index contributed by atoms with van der Waals surface area (Å²) in [6.07, 6.45) is 2.37. The van der Waals surface area contributed by atoms with E-state index in [1.54, 1.807) is 23.1 Å². The van der Waals surface area contributed by atoms with Gasteiger partial charge in [-0.3, -0.25) is 14.6 Å². The van der Waals surface area contributed by atoms with Crippen molar-refractivity contribution < 1.29 is 33.6 Å². The molecule has 0 aromatic heterocycles. The zero-order valence-corrected chi connectivity index (χ0v) is 27.8. The molecule has 0 atom stereocenters. The first-order valence-corrected chi connectivity index (χ1v) is 16.6. The summed E-state index contributed by atoms with van der Waals surface area (Å²) < 4.78 is 23.5. The Labute approximate surface area is 283 Å². The Kier molecular flexibility index (Phi) is 11.9. The van der Waals surface area contributed by atoms with Crippen molar-refractivity contribution in [2.75, 3.05) is 59.2 Å². The lowest BCUT2D eigenvalue weighted by Crippen LogP contribution is -2.38. The molecule has 0 aliphatic carbocycles. The highest BCUT2D eigenvalue weighted by Gasteiger charge is 2.32. The Hall–Kier alpha value is -3.61. The average molecular weight is 683 g/mol. The van der Waals surface area contributed by atoms with Crippen LogP contribution in [0.4, 0.5) is 0 Å². The molecule has 5 rings (SSSR count). The molecule has 9 nitrogen and oxygen atoms in total. The number of ether oxygens (including phenoxy) is 4. The van der Waals surface area contributed by atoms with Gasteiger partial charge in [0.05, 0.1) is 41.9 Å². The fourth-order valence-electron chi connectivity index (χ4n) is 5.00. The van der Waals surface area contributed by atoms with Gasteiger partial charge in [0.1, 0.15) is 28.2 Å². The summed E-state index contributed by atoms with van der Waals surface area (Å²) in [5, 5.41) is 9.62. The Balaban J connectivity index is 1.29. The van der Waals surface area contributed by atoms with E-state index in [1.165, 1.54) is 23.9 Å². The number of carbonyl (C=O) groups excluding carboxylic acids is 1. The van der Waals surface area contributed by atoms with Crippen LogP contribution >= 0.6 is 35.6 Å². The third kappa shape index (κ3) is 8.80. The fourth-order valence-corrected chi connectivity index (χ4v) is 6.58. The molecule has 2 aliphatic rings. The summed E-state index contributed by atoms with van der Waals surface area (Å²) in [4.78, 5) is 28.9. The minimum absolute atomic E-state index is 0.176. The predicted octanol–water partition coefficient (Wildman–Crippen LogP) is 6.49. The molecule has 1 N–H and O–H groups in total. The molecule has 0 unspecified atom stereocenters. The van der Waals surface area contributed by atoms with Gasteiger partial charge >= 0.3 is 5.97 Å². The van der Waals surface area contributed by atoms with Crippen LogP contribution in [-0.4, -0.2) is 90.3 Å². The number of aromatic carboxylic acids is 1. The van der Waals surface area contributed by atoms with Gasteiger partial charge in [0.2, 0.25) is 0 Å². The second-order valence-electron chi connectivity index (χ2n) is 10.5. The largest absolute Gasteiger partial charge is 0.494 e. The maximum atomic E-state index is 13.5. The average Bonchev–Trinajstić information content (AvgIpc) is 3.32. The first-order valence-electron chi connectivity index (χ1n) is 15.0. The lowest BCUT2D eigenvalue weighted by atomic mass is 10.0. The van der Waals surface area contributed by atoms with Crippen molar-refractivity contribution >= 4 is 57.9 Å².